The predicted octanol–water partition coefficient (Wildman–Crippen LogP) is 1.31. The molecular formula is C16H22N2O4. The number of ether oxygens (including phenoxy) is 1. The van der Waals surface area contributed by atoms with Crippen LogP contribution >= 0.6 is 0 Å². The zero-order chi connectivity index (χ0) is 16.3. The molecule has 0 aliphatic carbocycles. The standard InChI is InChI=1S/C16H22N2O4/c1-10(2)18-14(8-19)16(22-9-15(18)21)12-4-6-13(7-5-12)17-11(3)20/h4-7,10,14,16,19H,8-9H2,1-3H3,(H,17,20)/t14-,16-/m1/s1. The summed E-state index contributed by atoms with van der Waals surface area (Å²) in [6.07, 6.45) is -0.378. The van der Waals surface area contributed by atoms with Gasteiger partial charge < -0.3 is 20.1 Å². The van der Waals surface area contributed by atoms with Crippen LogP contribution in [-0.2, 0) is 14.3 Å². The molecule has 0 aromatic heterocycles. The van der Waals surface area contributed by atoms with Crippen LogP contribution in [0.4, 0.5) is 5.69 Å². The zero-order valence-corrected chi connectivity index (χ0v) is 13.1. The van der Waals surface area contributed by atoms with Gasteiger partial charge in [0.15, 0.2) is 0 Å². The summed E-state index contributed by atoms with van der Waals surface area (Å²) in [5.41, 5.74) is 1.57. The number of aliphatic hydroxyl groups is 1. The largest absolute Gasteiger partial charge is 0.394 e. The first kappa shape index (κ1) is 16.5. The van der Waals surface area contributed by atoms with E-state index in [1.807, 2.05) is 26.0 Å². The molecular weight excluding hydrogens is 284 g/mol. The number of benzene rings is 1. The normalized spacial score (nSPS) is 22.0. The SMILES string of the molecule is CC(=O)Nc1ccc([C@H]2OCC(=O)N(C(C)C)[C@@H]2CO)cc1. The van der Waals surface area contributed by atoms with E-state index in [1.165, 1.54) is 6.92 Å². The van der Waals surface area contributed by atoms with Gasteiger partial charge in [-0.05, 0) is 31.5 Å². The fourth-order valence-corrected chi connectivity index (χ4v) is 2.81. The van der Waals surface area contributed by atoms with Crippen molar-refractivity contribution in [3.8, 4) is 0 Å². The van der Waals surface area contributed by atoms with Crippen LogP contribution in [-0.4, -0.2) is 47.1 Å². The molecule has 1 aliphatic heterocycles. The van der Waals surface area contributed by atoms with Crippen molar-refractivity contribution in [3.63, 3.8) is 0 Å². The van der Waals surface area contributed by atoms with Crippen molar-refractivity contribution < 1.29 is 19.4 Å². The highest BCUT2D eigenvalue weighted by molar-refractivity contribution is 5.88. The minimum Gasteiger partial charge on any atom is -0.394 e. The van der Waals surface area contributed by atoms with Crippen LogP contribution in [0.15, 0.2) is 24.3 Å². The van der Waals surface area contributed by atoms with Gasteiger partial charge in [-0.2, -0.15) is 0 Å². The van der Waals surface area contributed by atoms with E-state index >= 15 is 0 Å². The van der Waals surface area contributed by atoms with Gasteiger partial charge in [0.1, 0.15) is 12.7 Å². The number of aliphatic hydroxyl groups excluding tert-OH is 1. The van der Waals surface area contributed by atoms with Crippen molar-refractivity contribution in [1.29, 1.82) is 0 Å². The molecule has 1 heterocycles. The van der Waals surface area contributed by atoms with E-state index in [-0.39, 0.29) is 37.2 Å². The Labute approximate surface area is 130 Å². The summed E-state index contributed by atoms with van der Waals surface area (Å²) in [7, 11) is 0. The molecule has 22 heavy (non-hydrogen) atoms. The zero-order valence-electron chi connectivity index (χ0n) is 13.1. The summed E-state index contributed by atoms with van der Waals surface area (Å²) >= 11 is 0. The number of nitrogens with one attached hydrogen (secondary N) is 1. The molecule has 2 amide bonds. The Hall–Kier alpha value is -1.92. The summed E-state index contributed by atoms with van der Waals surface area (Å²) in [5, 5.41) is 12.4. The van der Waals surface area contributed by atoms with Crippen molar-refractivity contribution in [2.75, 3.05) is 18.5 Å². The van der Waals surface area contributed by atoms with Crippen LogP contribution in [0.3, 0.4) is 0 Å². The molecule has 6 heteroatoms. The van der Waals surface area contributed by atoms with E-state index in [1.54, 1.807) is 17.0 Å². The molecule has 0 spiro atoms. The summed E-state index contributed by atoms with van der Waals surface area (Å²) in [4.78, 5) is 24.7. The van der Waals surface area contributed by atoms with Crippen LogP contribution in [0.5, 0.6) is 0 Å². The number of rotatable bonds is 4. The van der Waals surface area contributed by atoms with Gasteiger partial charge in [-0.3, -0.25) is 9.59 Å². The van der Waals surface area contributed by atoms with Gasteiger partial charge in [0, 0.05) is 18.7 Å². The average Bonchev–Trinajstić information content (AvgIpc) is 2.46. The van der Waals surface area contributed by atoms with Crippen LogP contribution in [0.25, 0.3) is 0 Å². The molecule has 1 saturated heterocycles. The summed E-state index contributed by atoms with van der Waals surface area (Å²) < 4.78 is 5.64. The van der Waals surface area contributed by atoms with Crippen LogP contribution < -0.4 is 5.32 Å². The Balaban J connectivity index is 2.22. The minimum atomic E-state index is -0.409. The van der Waals surface area contributed by atoms with Crippen molar-refractivity contribution in [1.82, 2.24) is 4.90 Å². The Morgan fingerprint density at radius 2 is 2.05 bits per heavy atom. The highest BCUT2D eigenvalue weighted by Crippen LogP contribution is 2.30. The lowest BCUT2D eigenvalue weighted by Gasteiger charge is -2.42. The molecule has 1 aliphatic rings. The number of anilines is 1. The summed E-state index contributed by atoms with van der Waals surface area (Å²) in [5.74, 6) is -0.244. The van der Waals surface area contributed by atoms with E-state index in [9.17, 15) is 14.7 Å². The molecule has 0 saturated carbocycles. The third kappa shape index (κ3) is 3.45. The molecule has 120 valence electrons. The molecule has 2 atom stereocenters. The maximum Gasteiger partial charge on any atom is 0.249 e. The van der Waals surface area contributed by atoms with Gasteiger partial charge in [0.05, 0.1) is 12.6 Å². The Morgan fingerprint density at radius 1 is 1.41 bits per heavy atom. The lowest BCUT2D eigenvalue weighted by atomic mass is 9.98. The van der Waals surface area contributed by atoms with Crippen molar-refractivity contribution in [2.24, 2.45) is 0 Å². The molecule has 0 radical (unpaired) electrons. The summed E-state index contributed by atoms with van der Waals surface area (Å²) in [6, 6.07) is 6.83. The number of hydrogen-bond donors (Lipinski definition) is 2. The van der Waals surface area contributed by atoms with E-state index in [0.29, 0.717) is 5.69 Å². The second-order valence-corrected chi connectivity index (χ2v) is 5.68. The molecule has 0 bridgehead atoms. The number of hydrogen-bond acceptors (Lipinski definition) is 4. The third-order valence-electron chi connectivity index (χ3n) is 3.68. The molecule has 1 aromatic carbocycles. The summed E-state index contributed by atoms with van der Waals surface area (Å²) in [6.45, 7) is 5.13. The van der Waals surface area contributed by atoms with Gasteiger partial charge in [0.2, 0.25) is 11.8 Å². The molecule has 2 N–H and O–H groups in total. The smallest absolute Gasteiger partial charge is 0.249 e. The van der Waals surface area contributed by atoms with Crippen molar-refractivity contribution >= 4 is 17.5 Å². The first-order valence-electron chi connectivity index (χ1n) is 7.35. The van der Waals surface area contributed by atoms with E-state index in [0.717, 1.165) is 5.56 Å². The Kier molecular flexibility index (Phi) is 5.15. The monoisotopic (exact) mass is 306 g/mol. The second-order valence-electron chi connectivity index (χ2n) is 5.68. The number of amides is 2. The van der Waals surface area contributed by atoms with Gasteiger partial charge in [-0.1, -0.05) is 12.1 Å². The minimum absolute atomic E-state index is 0.00490. The maximum absolute atomic E-state index is 12.0. The maximum atomic E-state index is 12.0. The van der Waals surface area contributed by atoms with Gasteiger partial charge in [0.25, 0.3) is 0 Å². The molecule has 1 fully saturated rings. The van der Waals surface area contributed by atoms with Crippen molar-refractivity contribution in [3.05, 3.63) is 29.8 Å². The number of morpholine rings is 1. The fourth-order valence-electron chi connectivity index (χ4n) is 2.81. The topological polar surface area (TPSA) is 78.9 Å². The fraction of sp³-hybridized carbons (Fsp3) is 0.500. The lowest BCUT2D eigenvalue weighted by Crippen LogP contribution is -2.55. The molecule has 1 aromatic rings. The lowest BCUT2D eigenvalue weighted by molar-refractivity contribution is -0.164. The average molecular weight is 306 g/mol. The Bertz CT molecular complexity index is 542. The van der Waals surface area contributed by atoms with E-state index in [4.69, 9.17) is 4.74 Å². The van der Waals surface area contributed by atoms with Gasteiger partial charge >= 0.3 is 0 Å². The first-order chi connectivity index (χ1) is 10.4. The van der Waals surface area contributed by atoms with Crippen molar-refractivity contribution in [2.45, 2.75) is 39.0 Å². The first-order valence-corrected chi connectivity index (χ1v) is 7.35. The third-order valence-corrected chi connectivity index (χ3v) is 3.68. The molecule has 6 nitrogen and oxygen atoms in total. The number of carbonyl (C=O) groups is 2. The van der Waals surface area contributed by atoms with Crippen LogP contribution in [0, 0.1) is 0 Å². The van der Waals surface area contributed by atoms with Gasteiger partial charge in [-0.25, -0.2) is 0 Å². The Morgan fingerprint density at radius 3 is 2.55 bits per heavy atom. The van der Waals surface area contributed by atoms with Gasteiger partial charge in [-0.15, -0.1) is 0 Å². The van der Waals surface area contributed by atoms with E-state index in [2.05, 4.69) is 5.32 Å². The second kappa shape index (κ2) is 6.89. The molecule has 2 rings (SSSR count). The number of nitrogens with zero attached hydrogens (tertiary/aromatic N) is 1. The predicted molar refractivity (Wildman–Crippen MR) is 82.3 cm³/mol. The molecule has 0 unspecified atom stereocenters. The van der Waals surface area contributed by atoms with Crippen LogP contribution in [0.1, 0.15) is 32.4 Å². The number of carbonyl (C=O) groups excluding carboxylic acids is 2. The highest BCUT2D eigenvalue weighted by atomic mass is 16.5. The van der Waals surface area contributed by atoms with Crippen LogP contribution in [0.2, 0.25) is 0 Å². The van der Waals surface area contributed by atoms with E-state index < -0.39 is 6.04 Å². The quantitative estimate of drug-likeness (QED) is 0.879. The highest BCUT2D eigenvalue weighted by Gasteiger charge is 2.38.